The zero-order valence-corrected chi connectivity index (χ0v) is 12.4. The quantitative estimate of drug-likeness (QED) is 0.257. The molecule has 27 heavy (non-hydrogen) atoms. The Morgan fingerprint density at radius 2 is 1.22 bits per heavy atom. The van der Waals surface area contributed by atoms with Gasteiger partial charge in [0.1, 0.15) is 13.2 Å². The van der Waals surface area contributed by atoms with Gasteiger partial charge >= 0.3 is 42.2 Å². The highest BCUT2D eigenvalue weighted by atomic mass is 19.4. The normalized spacial score (nSPS) is 15.7. The molecule has 0 saturated carbocycles. The SMILES string of the molecule is C=CC(=O)OCCOC(=O)C(F)(OC(F)(F)C(F)(F)C(F)(F)F)C(F)(F)F. The fourth-order valence-electron chi connectivity index (χ4n) is 1.05. The average Bonchev–Trinajstić information content (AvgIpc) is 2.47. The maximum atomic E-state index is 13.6. The Morgan fingerprint density at radius 1 is 0.778 bits per heavy atom. The van der Waals surface area contributed by atoms with E-state index in [0.29, 0.717) is 6.08 Å². The molecule has 0 aromatic heterocycles. The predicted molar refractivity (Wildman–Crippen MR) is 59.0 cm³/mol. The molecule has 0 spiro atoms. The molecular formula is C11H7F11O5. The Morgan fingerprint density at radius 3 is 1.59 bits per heavy atom. The van der Waals surface area contributed by atoms with Gasteiger partial charge in [-0.15, -0.1) is 0 Å². The van der Waals surface area contributed by atoms with E-state index in [0.717, 1.165) is 0 Å². The van der Waals surface area contributed by atoms with E-state index in [1.807, 2.05) is 4.74 Å². The minimum absolute atomic E-state index is 0.528. The first kappa shape index (κ1) is 24.9. The van der Waals surface area contributed by atoms with E-state index in [1.165, 1.54) is 0 Å². The van der Waals surface area contributed by atoms with Gasteiger partial charge in [-0.25, -0.2) is 9.59 Å². The Hall–Kier alpha value is -2.13. The first-order valence-corrected chi connectivity index (χ1v) is 6.08. The van der Waals surface area contributed by atoms with Crippen LogP contribution in [-0.2, 0) is 23.8 Å². The van der Waals surface area contributed by atoms with Gasteiger partial charge in [-0.2, -0.15) is 48.3 Å². The van der Waals surface area contributed by atoms with Crippen molar-refractivity contribution in [2.75, 3.05) is 13.2 Å². The second kappa shape index (κ2) is 7.85. The zero-order valence-electron chi connectivity index (χ0n) is 12.4. The van der Waals surface area contributed by atoms with Crippen molar-refractivity contribution in [2.45, 2.75) is 30.2 Å². The number of alkyl halides is 11. The van der Waals surface area contributed by atoms with Crippen LogP contribution in [0.4, 0.5) is 48.3 Å². The van der Waals surface area contributed by atoms with Gasteiger partial charge in [0.2, 0.25) is 0 Å². The monoisotopic (exact) mass is 428 g/mol. The van der Waals surface area contributed by atoms with Crippen LogP contribution in [0, 0.1) is 0 Å². The standard InChI is InChI=1S/C11H7F11O5/c1-2-5(23)25-3-4-26-6(24)7(12,9(15,16)17)27-11(21,22)8(13,14)10(18,19)20/h2H,1,3-4H2. The lowest BCUT2D eigenvalue weighted by Gasteiger charge is -2.33. The van der Waals surface area contributed by atoms with Crippen molar-refractivity contribution in [2.24, 2.45) is 0 Å². The molecular weight excluding hydrogens is 421 g/mol. The number of hydrogen-bond acceptors (Lipinski definition) is 5. The molecule has 0 heterocycles. The second-order valence-corrected chi connectivity index (χ2v) is 4.29. The van der Waals surface area contributed by atoms with Crippen LogP contribution in [0.15, 0.2) is 12.7 Å². The van der Waals surface area contributed by atoms with Crippen LogP contribution >= 0.6 is 0 Å². The molecule has 0 radical (unpaired) electrons. The summed E-state index contributed by atoms with van der Waals surface area (Å²) in [4.78, 5) is 21.6. The van der Waals surface area contributed by atoms with Crippen molar-refractivity contribution in [1.82, 2.24) is 0 Å². The zero-order chi connectivity index (χ0) is 21.9. The van der Waals surface area contributed by atoms with Gasteiger partial charge in [0.15, 0.2) is 0 Å². The largest absolute Gasteiger partial charge is 0.462 e. The molecule has 0 amide bonds. The van der Waals surface area contributed by atoms with Crippen molar-refractivity contribution >= 4 is 11.9 Å². The number of halogens is 11. The highest BCUT2D eigenvalue weighted by Crippen LogP contribution is 2.51. The van der Waals surface area contributed by atoms with E-state index >= 15 is 0 Å². The fourth-order valence-corrected chi connectivity index (χ4v) is 1.05. The molecule has 0 aromatic rings. The molecule has 0 saturated heterocycles. The summed E-state index contributed by atoms with van der Waals surface area (Å²) >= 11 is 0. The summed E-state index contributed by atoms with van der Waals surface area (Å²) in [5.74, 6) is -18.4. The van der Waals surface area contributed by atoms with E-state index < -0.39 is 55.4 Å². The van der Waals surface area contributed by atoms with Crippen molar-refractivity contribution in [3.05, 3.63) is 12.7 Å². The van der Waals surface area contributed by atoms with Gasteiger partial charge in [0.05, 0.1) is 0 Å². The number of carbonyl (C=O) groups excluding carboxylic acids is 2. The molecule has 0 aliphatic heterocycles. The van der Waals surface area contributed by atoms with Crippen LogP contribution in [0.25, 0.3) is 0 Å². The van der Waals surface area contributed by atoms with Crippen molar-refractivity contribution in [3.63, 3.8) is 0 Å². The first-order chi connectivity index (χ1) is 11.8. The minimum Gasteiger partial charge on any atom is -0.459 e. The molecule has 16 heteroatoms. The fraction of sp³-hybridized carbons (Fsp3) is 0.636. The van der Waals surface area contributed by atoms with Crippen LogP contribution < -0.4 is 0 Å². The number of hydrogen-bond donors (Lipinski definition) is 0. The highest BCUT2D eigenvalue weighted by Gasteiger charge is 2.80. The predicted octanol–water partition coefficient (Wildman–Crippen LogP) is 3.29. The number of esters is 2. The Balaban J connectivity index is 5.51. The summed E-state index contributed by atoms with van der Waals surface area (Å²) < 4.78 is 147. The minimum atomic E-state index is -7.30. The van der Waals surface area contributed by atoms with Gasteiger partial charge in [-0.1, -0.05) is 6.58 Å². The summed E-state index contributed by atoms with van der Waals surface area (Å²) in [6.45, 7) is 0.376. The molecule has 0 aliphatic rings. The van der Waals surface area contributed by atoms with Crippen LogP contribution in [0.2, 0.25) is 0 Å². The van der Waals surface area contributed by atoms with Gasteiger partial charge in [0, 0.05) is 6.08 Å². The average molecular weight is 428 g/mol. The van der Waals surface area contributed by atoms with E-state index in [4.69, 9.17) is 0 Å². The van der Waals surface area contributed by atoms with Crippen LogP contribution in [0.3, 0.4) is 0 Å². The van der Waals surface area contributed by atoms with Crippen molar-refractivity contribution in [1.29, 1.82) is 0 Å². The number of rotatable bonds is 8. The molecule has 0 rings (SSSR count). The summed E-state index contributed by atoms with van der Waals surface area (Å²) in [5.41, 5.74) is 0. The maximum absolute atomic E-state index is 13.6. The number of ether oxygens (including phenoxy) is 3. The molecule has 0 aliphatic carbocycles. The Kier molecular flexibility index (Phi) is 7.23. The van der Waals surface area contributed by atoms with Crippen molar-refractivity contribution in [3.8, 4) is 0 Å². The summed E-state index contributed by atoms with van der Waals surface area (Å²) in [6, 6.07) is 0. The summed E-state index contributed by atoms with van der Waals surface area (Å²) in [7, 11) is 0. The third-order valence-electron chi connectivity index (χ3n) is 2.35. The van der Waals surface area contributed by atoms with Gasteiger partial charge in [-0.05, 0) is 0 Å². The molecule has 0 aromatic carbocycles. The highest BCUT2D eigenvalue weighted by molar-refractivity contribution is 5.81. The Labute approximate surface area is 141 Å². The van der Waals surface area contributed by atoms with E-state index in [2.05, 4.69) is 16.1 Å². The maximum Gasteiger partial charge on any atom is 0.462 e. The molecule has 1 unspecified atom stereocenters. The molecule has 158 valence electrons. The summed E-state index contributed by atoms with van der Waals surface area (Å²) in [6.07, 6.45) is -20.7. The molecule has 0 N–H and O–H groups in total. The van der Waals surface area contributed by atoms with E-state index in [9.17, 15) is 57.9 Å². The van der Waals surface area contributed by atoms with E-state index in [-0.39, 0.29) is 0 Å². The van der Waals surface area contributed by atoms with E-state index in [1.54, 1.807) is 0 Å². The number of carbonyl (C=O) groups is 2. The van der Waals surface area contributed by atoms with Crippen LogP contribution in [-0.4, -0.2) is 55.4 Å². The van der Waals surface area contributed by atoms with Gasteiger partial charge < -0.3 is 9.47 Å². The Bertz CT molecular complexity index is 568. The molecule has 1 atom stereocenters. The molecule has 0 bridgehead atoms. The third kappa shape index (κ3) is 5.43. The first-order valence-electron chi connectivity index (χ1n) is 6.08. The second-order valence-electron chi connectivity index (χ2n) is 4.29. The third-order valence-corrected chi connectivity index (χ3v) is 2.35. The smallest absolute Gasteiger partial charge is 0.459 e. The topological polar surface area (TPSA) is 61.8 Å². The van der Waals surface area contributed by atoms with Crippen LogP contribution in [0.5, 0.6) is 0 Å². The van der Waals surface area contributed by atoms with Gasteiger partial charge in [-0.3, -0.25) is 4.74 Å². The molecule has 0 fully saturated rings. The lowest BCUT2D eigenvalue weighted by Crippen LogP contribution is -2.61. The molecule has 5 nitrogen and oxygen atoms in total. The van der Waals surface area contributed by atoms with Crippen molar-refractivity contribution < 1.29 is 72.1 Å². The van der Waals surface area contributed by atoms with Crippen LogP contribution in [0.1, 0.15) is 0 Å². The van der Waals surface area contributed by atoms with Gasteiger partial charge in [0.25, 0.3) is 0 Å². The lowest BCUT2D eigenvalue weighted by molar-refractivity contribution is -0.475. The lowest BCUT2D eigenvalue weighted by atomic mass is 10.2. The summed E-state index contributed by atoms with van der Waals surface area (Å²) in [5, 5.41) is 0.